The summed E-state index contributed by atoms with van der Waals surface area (Å²) in [5.74, 6) is 2.07. The van der Waals surface area contributed by atoms with Crippen molar-refractivity contribution in [2.24, 2.45) is 5.92 Å². The topological polar surface area (TPSA) is 63.7 Å². The third kappa shape index (κ3) is 5.11. The largest absolute Gasteiger partial charge is 0.454 e. The highest BCUT2D eigenvalue weighted by atomic mass is 32.1. The zero-order valence-electron chi connectivity index (χ0n) is 18.0. The molecular formula is C25H27N3O3S. The summed E-state index contributed by atoms with van der Waals surface area (Å²) >= 11 is 1.56. The van der Waals surface area contributed by atoms with Crippen LogP contribution in [0.25, 0.3) is 0 Å². The summed E-state index contributed by atoms with van der Waals surface area (Å²) in [6.07, 6.45) is 3.59. The van der Waals surface area contributed by atoms with Gasteiger partial charge in [0.15, 0.2) is 11.5 Å². The molecule has 1 N–H and O–H groups in total. The van der Waals surface area contributed by atoms with Gasteiger partial charge in [-0.3, -0.25) is 9.69 Å². The summed E-state index contributed by atoms with van der Waals surface area (Å²) in [6.45, 7) is 3.67. The van der Waals surface area contributed by atoms with E-state index < -0.39 is 0 Å². The second-order valence-corrected chi connectivity index (χ2v) is 9.35. The molecule has 2 aliphatic rings. The van der Waals surface area contributed by atoms with Crippen LogP contribution in [0.3, 0.4) is 0 Å². The molecule has 3 heterocycles. The van der Waals surface area contributed by atoms with E-state index in [1.165, 1.54) is 24.8 Å². The Kier molecular flexibility index (Phi) is 6.36. The van der Waals surface area contributed by atoms with Crippen molar-refractivity contribution in [1.29, 1.82) is 0 Å². The maximum Gasteiger partial charge on any atom is 0.271 e. The first-order valence-electron chi connectivity index (χ1n) is 11.1. The zero-order chi connectivity index (χ0) is 21.8. The molecular weight excluding hydrogens is 422 g/mol. The average molecular weight is 450 g/mol. The number of nitrogens with one attached hydrogen (secondary N) is 1. The van der Waals surface area contributed by atoms with Crippen molar-refractivity contribution in [2.75, 3.05) is 19.9 Å². The van der Waals surface area contributed by atoms with E-state index in [0.29, 0.717) is 12.2 Å². The molecule has 0 unspecified atom stereocenters. The highest BCUT2D eigenvalue weighted by molar-refractivity contribution is 7.09. The molecule has 1 amide bonds. The molecule has 0 spiro atoms. The van der Waals surface area contributed by atoms with Gasteiger partial charge in [0, 0.05) is 11.9 Å². The van der Waals surface area contributed by atoms with Gasteiger partial charge < -0.3 is 14.8 Å². The number of carbonyl (C=O) groups excluding carboxylic acids is 1. The van der Waals surface area contributed by atoms with E-state index >= 15 is 0 Å². The fourth-order valence-electron chi connectivity index (χ4n) is 4.30. The Morgan fingerprint density at radius 3 is 2.72 bits per heavy atom. The first-order valence-corrected chi connectivity index (χ1v) is 12.0. The number of ether oxygens (including phenoxy) is 2. The fraction of sp³-hybridized carbons (Fsp3) is 0.360. The number of fused-ring (bicyclic) bond motifs is 1. The van der Waals surface area contributed by atoms with Gasteiger partial charge in [-0.2, -0.15) is 0 Å². The van der Waals surface area contributed by atoms with E-state index in [-0.39, 0.29) is 12.7 Å². The minimum absolute atomic E-state index is 0.147. The number of carbonyl (C=O) groups is 1. The van der Waals surface area contributed by atoms with E-state index in [4.69, 9.17) is 9.47 Å². The summed E-state index contributed by atoms with van der Waals surface area (Å²) in [6, 6.07) is 16.5. The van der Waals surface area contributed by atoms with Gasteiger partial charge in [-0.1, -0.05) is 36.4 Å². The van der Waals surface area contributed by atoms with Crippen molar-refractivity contribution < 1.29 is 14.3 Å². The van der Waals surface area contributed by atoms with Crippen LogP contribution in [0.4, 0.5) is 0 Å². The number of benzene rings is 2. The Balaban J connectivity index is 1.08. The van der Waals surface area contributed by atoms with Gasteiger partial charge in [0.1, 0.15) is 10.7 Å². The van der Waals surface area contributed by atoms with Gasteiger partial charge in [-0.25, -0.2) is 4.98 Å². The van der Waals surface area contributed by atoms with Crippen LogP contribution in [0.1, 0.15) is 39.5 Å². The number of nitrogens with zero attached hydrogens (tertiary/aromatic N) is 2. The molecule has 0 saturated carbocycles. The van der Waals surface area contributed by atoms with Crippen molar-refractivity contribution in [3.8, 4) is 11.5 Å². The number of amides is 1. The molecule has 0 radical (unpaired) electrons. The van der Waals surface area contributed by atoms with Crippen LogP contribution in [-0.4, -0.2) is 35.7 Å². The SMILES string of the molecule is O=C(NCc1ccc2c(c1)OCO2)c1csc(CN2CCC(Cc3ccccc3)CC2)n1. The van der Waals surface area contributed by atoms with Gasteiger partial charge in [0.05, 0.1) is 6.54 Å². The van der Waals surface area contributed by atoms with Crippen molar-refractivity contribution >= 4 is 17.2 Å². The van der Waals surface area contributed by atoms with Gasteiger partial charge in [0.25, 0.3) is 5.91 Å². The molecule has 1 saturated heterocycles. The monoisotopic (exact) mass is 449 g/mol. The zero-order valence-corrected chi connectivity index (χ0v) is 18.8. The number of hydrogen-bond acceptors (Lipinski definition) is 6. The summed E-state index contributed by atoms with van der Waals surface area (Å²) in [7, 11) is 0. The maximum absolute atomic E-state index is 12.5. The van der Waals surface area contributed by atoms with Gasteiger partial charge >= 0.3 is 0 Å². The van der Waals surface area contributed by atoms with E-state index in [1.54, 1.807) is 11.3 Å². The number of aromatic nitrogens is 1. The highest BCUT2D eigenvalue weighted by Crippen LogP contribution is 2.32. The smallest absolute Gasteiger partial charge is 0.271 e. The Bertz CT molecular complexity index is 1060. The molecule has 0 bridgehead atoms. The van der Waals surface area contributed by atoms with E-state index in [2.05, 4.69) is 45.5 Å². The van der Waals surface area contributed by atoms with Crippen molar-refractivity contribution in [3.05, 3.63) is 75.7 Å². The average Bonchev–Trinajstić information content (AvgIpc) is 3.49. The van der Waals surface area contributed by atoms with Crippen molar-refractivity contribution in [3.63, 3.8) is 0 Å². The number of hydrogen-bond donors (Lipinski definition) is 1. The second-order valence-electron chi connectivity index (χ2n) is 8.41. The molecule has 6 nitrogen and oxygen atoms in total. The van der Waals surface area contributed by atoms with Crippen LogP contribution in [0.5, 0.6) is 11.5 Å². The molecule has 3 aromatic rings. The summed E-state index contributed by atoms with van der Waals surface area (Å²) in [5, 5.41) is 5.80. The Labute approximate surface area is 192 Å². The van der Waals surface area contributed by atoms with Crippen molar-refractivity contribution in [2.45, 2.75) is 32.4 Å². The van der Waals surface area contributed by atoms with E-state index in [1.807, 2.05) is 23.6 Å². The number of piperidine rings is 1. The lowest BCUT2D eigenvalue weighted by atomic mass is 9.90. The first kappa shape index (κ1) is 21.0. The molecule has 32 heavy (non-hydrogen) atoms. The number of rotatable bonds is 7. The fourth-order valence-corrected chi connectivity index (χ4v) is 5.11. The molecule has 0 aliphatic carbocycles. The maximum atomic E-state index is 12.5. The van der Waals surface area contributed by atoms with Crippen LogP contribution >= 0.6 is 11.3 Å². The van der Waals surface area contributed by atoms with Gasteiger partial charge in [0.2, 0.25) is 6.79 Å². The number of thiazole rings is 1. The van der Waals surface area contributed by atoms with Crippen LogP contribution in [0.2, 0.25) is 0 Å². The molecule has 0 atom stereocenters. The predicted octanol–water partition coefficient (Wildman–Crippen LogP) is 4.26. The van der Waals surface area contributed by atoms with Gasteiger partial charge in [-0.05, 0) is 61.5 Å². The first-order chi connectivity index (χ1) is 15.7. The Morgan fingerprint density at radius 2 is 1.88 bits per heavy atom. The Morgan fingerprint density at radius 1 is 1.06 bits per heavy atom. The third-order valence-corrected chi connectivity index (χ3v) is 6.94. The molecule has 7 heteroatoms. The minimum atomic E-state index is -0.147. The second kappa shape index (κ2) is 9.71. The van der Waals surface area contributed by atoms with Crippen LogP contribution in [-0.2, 0) is 19.5 Å². The quantitative estimate of drug-likeness (QED) is 0.584. The standard InChI is InChI=1S/C25H27N3O3S/c29-25(26-14-20-6-7-22-23(13-20)31-17-30-22)21-16-32-24(27-21)15-28-10-8-19(9-11-28)12-18-4-2-1-3-5-18/h1-7,13,16,19H,8-12,14-15,17H2,(H,26,29). The normalized spacial score (nSPS) is 16.2. The molecule has 1 fully saturated rings. The van der Waals surface area contributed by atoms with E-state index in [9.17, 15) is 4.79 Å². The van der Waals surface area contributed by atoms with Crippen molar-refractivity contribution in [1.82, 2.24) is 15.2 Å². The lowest BCUT2D eigenvalue weighted by Crippen LogP contribution is -2.33. The lowest BCUT2D eigenvalue weighted by molar-refractivity contribution is 0.0946. The minimum Gasteiger partial charge on any atom is -0.454 e. The molecule has 2 aliphatic heterocycles. The van der Waals surface area contributed by atoms with E-state index in [0.717, 1.165) is 47.6 Å². The highest BCUT2D eigenvalue weighted by Gasteiger charge is 2.21. The lowest BCUT2D eigenvalue weighted by Gasteiger charge is -2.31. The predicted molar refractivity (Wildman–Crippen MR) is 124 cm³/mol. The summed E-state index contributed by atoms with van der Waals surface area (Å²) < 4.78 is 10.7. The van der Waals surface area contributed by atoms with Crippen LogP contribution in [0.15, 0.2) is 53.9 Å². The summed E-state index contributed by atoms with van der Waals surface area (Å²) in [5.41, 5.74) is 2.89. The van der Waals surface area contributed by atoms with Gasteiger partial charge in [-0.15, -0.1) is 11.3 Å². The Hall–Kier alpha value is -2.90. The molecule has 5 rings (SSSR count). The third-order valence-electron chi connectivity index (χ3n) is 6.11. The number of likely N-dealkylation sites (tertiary alicyclic amines) is 1. The molecule has 1 aromatic heterocycles. The van der Waals surface area contributed by atoms with Crippen LogP contribution in [0, 0.1) is 5.92 Å². The molecule has 166 valence electrons. The summed E-state index contributed by atoms with van der Waals surface area (Å²) in [4.78, 5) is 19.6. The molecule has 2 aromatic carbocycles. The van der Waals surface area contributed by atoms with Crippen LogP contribution < -0.4 is 14.8 Å².